The molecule has 0 aliphatic carbocycles. The van der Waals surface area contributed by atoms with Gasteiger partial charge in [0.25, 0.3) is 0 Å². The summed E-state index contributed by atoms with van der Waals surface area (Å²) in [5, 5.41) is 12.6. The van der Waals surface area contributed by atoms with E-state index in [9.17, 15) is 4.79 Å². The smallest absolute Gasteiger partial charge is 0.234 e. The molecule has 1 heterocycles. The van der Waals surface area contributed by atoms with Crippen molar-refractivity contribution in [3.8, 4) is 5.75 Å². The molecule has 0 saturated carbocycles. The predicted octanol–water partition coefficient (Wildman–Crippen LogP) is 4.88. The molecule has 6 nitrogen and oxygen atoms in total. The number of amides is 1. The van der Waals surface area contributed by atoms with Crippen LogP contribution >= 0.6 is 23.4 Å². The number of hydrogen-bond acceptors (Lipinski definition) is 5. The summed E-state index contributed by atoms with van der Waals surface area (Å²) in [5.41, 5.74) is 3.03. The van der Waals surface area contributed by atoms with E-state index < -0.39 is 0 Å². The van der Waals surface area contributed by atoms with Crippen molar-refractivity contribution in [2.45, 2.75) is 39.1 Å². The summed E-state index contributed by atoms with van der Waals surface area (Å²) in [7, 11) is 0. The number of aryl methyl sites for hydroxylation is 2. The lowest BCUT2D eigenvalue weighted by Gasteiger charge is -2.10. The maximum Gasteiger partial charge on any atom is 0.234 e. The van der Waals surface area contributed by atoms with Gasteiger partial charge in [-0.3, -0.25) is 4.79 Å². The van der Waals surface area contributed by atoms with E-state index in [2.05, 4.69) is 15.5 Å². The van der Waals surface area contributed by atoms with Gasteiger partial charge in [0.1, 0.15) is 12.4 Å². The summed E-state index contributed by atoms with van der Waals surface area (Å²) in [5.74, 6) is 1.45. The molecule has 8 heteroatoms. The molecule has 0 aliphatic heterocycles. The topological polar surface area (TPSA) is 69.0 Å². The van der Waals surface area contributed by atoms with Gasteiger partial charge in [-0.2, -0.15) is 0 Å². The van der Waals surface area contributed by atoms with Crippen LogP contribution in [0.1, 0.15) is 23.9 Å². The first-order valence-electron chi connectivity index (χ1n) is 9.27. The van der Waals surface area contributed by atoms with E-state index in [0.717, 1.165) is 16.8 Å². The summed E-state index contributed by atoms with van der Waals surface area (Å²) in [6, 6.07) is 13.2. The summed E-state index contributed by atoms with van der Waals surface area (Å²) in [6.07, 6.45) is 0. The maximum absolute atomic E-state index is 12.3. The standard InChI is InChI=1S/C21H23ClN4O2S/c1-4-26-19(12-28-18-8-6-5-7-16(18)22)24-25-21(26)29-13-20(27)23-17-10-9-14(2)11-15(17)3/h5-11H,4,12-13H2,1-3H3,(H,23,27). The van der Waals surface area contributed by atoms with Crippen LogP contribution in [0.4, 0.5) is 5.69 Å². The Labute approximate surface area is 179 Å². The molecule has 1 aromatic heterocycles. The van der Waals surface area contributed by atoms with E-state index in [1.807, 2.05) is 61.7 Å². The molecule has 0 radical (unpaired) electrons. The van der Waals surface area contributed by atoms with Gasteiger partial charge in [-0.25, -0.2) is 0 Å². The quantitative estimate of drug-likeness (QED) is 0.516. The van der Waals surface area contributed by atoms with Gasteiger partial charge in [0.2, 0.25) is 5.91 Å². The molecule has 0 aliphatic rings. The predicted molar refractivity (Wildman–Crippen MR) is 117 cm³/mol. The van der Waals surface area contributed by atoms with Crippen LogP contribution in [-0.4, -0.2) is 26.4 Å². The highest BCUT2D eigenvalue weighted by molar-refractivity contribution is 7.99. The van der Waals surface area contributed by atoms with Gasteiger partial charge < -0.3 is 14.6 Å². The van der Waals surface area contributed by atoms with Crippen LogP contribution in [0.2, 0.25) is 5.02 Å². The van der Waals surface area contributed by atoms with Gasteiger partial charge in [0.15, 0.2) is 11.0 Å². The van der Waals surface area contributed by atoms with Crippen LogP contribution < -0.4 is 10.1 Å². The molecule has 3 rings (SSSR count). The van der Waals surface area contributed by atoms with Gasteiger partial charge in [-0.1, -0.05) is 53.2 Å². The SMILES string of the molecule is CCn1c(COc2ccccc2Cl)nnc1SCC(=O)Nc1ccc(C)cc1C. The first-order chi connectivity index (χ1) is 14.0. The van der Waals surface area contributed by atoms with Crippen LogP contribution in [0, 0.1) is 13.8 Å². The fourth-order valence-corrected chi connectivity index (χ4v) is 3.84. The second-order valence-corrected chi connectivity index (χ2v) is 7.87. The Hall–Kier alpha value is -2.51. The lowest BCUT2D eigenvalue weighted by Crippen LogP contribution is -2.15. The Morgan fingerprint density at radius 3 is 2.72 bits per heavy atom. The lowest BCUT2D eigenvalue weighted by atomic mass is 10.1. The van der Waals surface area contributed by atoms with E-state index in [0.29, 0.717) is 28.3 Å². The van der Waals surface area contributed by atoms with Crippen molar-refractivity contribution in [3.63, 3.8) is 0 Å². The molecular formula is C21H23ClN4O2S. The number of ether oxygens (including phenoxy) is 1. The van der Waals surface area contributed by atoms with Crippen molar-refractivity contribution in [3.05, 3.63) is 64.4 Å². The molecule has 0 bridgehead atoms. The molecule has 29 heavy (non-hydrogen) atoms. The number of para-hydroxylation sites is 1. The number of thioether (sulfide) groups is 1. The Bertz CT molecular complexity index is 1010. The number of carbonyl (C=O) groups excluding carboxylic acids is 1. The van der Waals surface area contributed by atoms with Crippen molar-refractivity contribution in [2.75, 3.05) is 11.1 Å². The fourth-order valence-electron chi connectivity index (χ4n) is 2.82. The zero-order valence-corrected chi connectivity index (χ0v) is 18.2. The molecule has 0 atom stereocenters. The van der Waals surface area contributed by atoms with E-state index in [4.69, 9.17) is 16.3 Å². The molecule has 1 amide bonds. The number of hydrogen-bond donors (Lipinski definition) is 1. The lowest BCUT2D eigenvalue weighted by molar-refractivity contribution is -0.113. The van der Waals surface area contributed by atoms with E-state index in [1.165, 1.54) is 11.8 Å². The summed E-state index contributed by atoms with van der Waals surface area (Å²) in [6.45, 7) is 6.94. The van der Waals surface area contributed by atoms with E-state index in [-0.39, 0.29) is 18.3 Å². The van der Waals surface area contributed by atoms with Gasteiger partial charge in [0, 0.05) is 12.2 Å². The maximum atomic E-state index is 12.3. The van der Waals surface area contributed by atoms with Crippen LogP contribution in [0.5, 0.6) is 5.75 Å². The largest absolute Gasteiger partial charge is 0.484 e. The molecule has 0 unspecified atom stereocenters. The summed E-state index contributed by atoms with van der Waals surface area (Å²) < 4.78 is 7.70. The Morgan fingerprint density at radius 1 is 1.21 bits per heavy atom. The van der Waals surface area contributed by atoms with Crippen LogP contribution in [0.25, 0.3) is 0 Å². The minimum atomic E-state index is -0.0820. The Morgan fingerprint density at radius 2 is 2.00 bits per heavy atom. The summed E-state index contributed by atoms with van der Waals surface area (Å²) >= 11 is 7.47. The average Bonchev–Trinajstić information content (AvgIpc) is 3.10. The number of rotatable bonds is 8. The number of anilines is 1. The van der Waals surface area contributed by atoms with Crippen molar-refractivity contribution in [2.24, 2.45) is 0 Å². The molecule has 3 aromatic rings. The Kier molecular flexibility index (Phi) is 7.17. The molecule has 152 valence electrons. The fraction of sp³-hybridized carbons (Fsp3) is 0.286. The van der Waals surface area contributed by atoms with E-state index >= 15 is 0 Å². The first kappa shape index (κ1) is 21.2. The number of halogens is 1. The minimum Gasteiger partial charge on any atom is -0.484 e. The first-order valence-corrected chi connectivity index (χ1v) is 10.6. The van der Waals surface area contributed by atoms with Gasteiger partial charge >= 0.3 is 0 Å². The van der Waals surface area contributed by atoms with Crippen molar-refractivity contribution in [1.82, 2.24) is 14.8 Å². The normalized spacial score (nSPS) is 10.8. The molecule has 0 spiro atoms. The monoisotopic (exact) mass is 430 g/mol. The van der Waals surface area contributed by atoms with E-state index in [1.54, 1.807) is 6.07 Å². The van der Waals surface area contributed by atoms with Crippen LogP contribution in [0.15, 0.2) is 47.6 Å². The number of nitrogens with one attached hydrogen (secondary N) is 1. The van der Waals surface area contributed by atoms with Crippen LogP contribution in [0.3, 0.4) is 0 Å². The molecular weight excluding hydrogens is 408 g/mol. The van der Waals surface area contributed by atoms with Crippen molar-refractivity contribution in [1.29, 1.82) is 0 Å². The second kappa shape index (κ2) is 9.80. The zero-order chi connectivity index (χ0) is 20.8. The average molecular weight is 431 g/mol. The molecule has 2 aromatic carbocycles. The number of aromatic nitrogens is 3. The van der Waals surface area contributed by atoms with Crippen molar-refractivity contribution >= 4 is 35.0 Å². The van der Waals surface area contributed by atoms with Gasteiger partial charge in [0.05, 0.1) is 10.8 Å². The van der Waals surface area contributed by atoms with Crippen molar-refractivity contribution < 1.29 is 9.53 Å². The Balaban J connectivity index is 1.59. The highest BCUT2D eigenvalue weighted by Gasteiger charge is 2.14. The highest BCUT2D eigenvalue weighted by Crippen LogP contribution is 2.25. The second-order valence-electron chi connectivity index (χ2n) is 6.52. The van der Waals surface area contributed by atoms with Gasteiger partial charge in [-0.15, -0.1) is 10.2 Å². The number of benzene rings is 2. The molecule has 0 fully saturated rings. The van der Waals surface area contributed by atoms with Gasteiger partial charge in [-0.05, 0) is 44.5 Å². The third-order valence-electron chi connectivity index (χ3n) is 4.29. The third-order valence-corrected chi connectivity index (χ3v) is 5.57. The third kappa shape index (κ3) is 5.52. The summed E-state index contributed by atoms with van der Waals surface area (Å²) in [4.78, 5) is 12.3. The zero-order valence-electron chi connectivity index (χ0n) is 16.6. The highest BCUT2D eigenvalue weighted by atomic mass is 35.5. The minimum absolute atomic E-state index is 0.0820. The number of nitrogens with zero attached hydrogens (tertiary/aromatic N) is 3. The molecule has 0 saturated heterocycles. The van der Waals surface area contributed by atoms with Crippen LogP contribution in [-0.2, 0) is 17.9 Å². The number of carbonyl (C=O) groups is 1. The molecule has 1 N–H and O–H groups in total.